The molecule has 1 N–H and O–H groups in total. The summed E-state index contributed by atoms with van der Waals surface area (Å²) in [6.45, 7) is 0. The van der Waals surface area contributed by atoms with Gasteiger partial charge in [0.05, 0.1) is 7.11 Å². The standard InChI is InChI=1S/C14H15N3O2/c1-17-10-9-13(16-17)15-14(18)8-5-11-3-6-12(19-2)7-4-11/h3-10H,1-2H3,(H,15,16,18)/b8-5+. The van der Waals surface area contributed by atoms with E-state index in [1.165, 1.54) is 6.08 Å². The first kappa shape index (κ1) is 12.9. The number of carbonyl (C=O) groups is 1. The number of nitrogens with one attached hydrogen (secondary N) is 1. The summed E-state index contributed by atoms with van der Waals surface area (Å²) in [6.07, 6.45) is 4.97. The van der Waals surface area contributed by atoms with Crippen molar-refractivity contribution < 1.29 is 9.53 Å². The van der Waals surface area contributed by atoms with Crippen molar-refractivity contribution in [3.63, 3.8) is 0 Å². The van der Waals surface area contributed by atoms with Gasteiger partial charge in [0.25, 0.3) is 0 Å². The molecule has 2 rings (SSSR count). The van der Waals surface area contributed by atoms with Gasteiger partial charge in [-0.1, -0.05) is 12.1 Å². The third-order valence-electron chi connectivity index (χ3n) is 2.51. The fourth-order valence-corrected chi connectivity index (χ4v) is 1.54. The van der Waals surface area contributed by atoms with Crippen molar-refractivity contribution in [3.05, 3.63) is 48.2 Å². The third-order valence-corrected chi connectivity index (χ3v) is 2.51. The molecule has 0 bridgehead atoms. The van der Waals surface area contributed by atoms with E-state index in [0.717, 1.165) is 11.3 Å². The topological polar surface area (TPSA) is 56.1 Å². The Kier molecular flexibility index (Phi) is 3.97. The molecule has 0 aliphatic carbocycles. The zero-order chi connectivity index (χ0) is 13.7. The number of amides is 1. The van der Waals surface area contributed by atoms with Crippen molar-refractivity contribution in [3.8, 4) is 5.75 Å². The first-order valence-corrected chi connectivity index (χ1v) is 5.80. The van der Waals surface area contributed by atoms with Crippen LogP contribution in [0.5, 0.6) is 5.75 Å². The van der Waals surface area contributed by atoms with Crippen LogP contribution in [-0.2, 0) is 11.8 Å². The van der Waals surface area contributed by atoms with Gasteiger partial charge in [0.1, 0.15) is 5.75 Å². The summed E-state index contributed by atoms with van der Waals surface area (Å²) >= 11 is 0. The van der Waals surface area contributed by atoms with Gasteiger partial charge in [-0.3, -0.25) is 9.48 Å². The monoisotopic (exact) mass is 257 g/mol. The molecule has 0 fully saturated rings. The van der Waals surface area contributed by atoms with Crippen LogP contribution in [0, 0.1) is 0 Å². The van der Waals surface area contributed by atoms with E-state index in [1.807, 2.05) is 24.3 Å². The van der Waals surface area contributed by atoms with Gasteiger partial charge in [-0.05, 0) is 23.8 Å². The molecule has 1 amide bonds. The normalized spacial score (nSPS) is 10.6. The molecule has 1 aromatic heterocycles. The van der Waals surface area contributed by atoms with Crippen LogP contribution in [0.25, 0.3) is 6.08 Å². The van der Waals surface area contributed by atoms with Crippen LogP contribution < -0.4 is 10.1 Å². The molecule has 0 aliphatic heterocycles. The minimum Gasteiger partial charge on any atom is -0.497 e. The Labute approximate surface area is 111 Å². The summed E-state index contributed by atoms with van der Waals surface area (Å²) < 4.78 is 6.69. The molecule has 5 nitrogen and oxygen atoms in total. The summed E-state index contributed by atoms with van der Waals surface area (Å²) in [6, 6.07) is 9.18. The number of ether oxygens (including phenoxy) is 1. The van der Waals surface area contributed by atoms with Gasteiger partial charge in [0, 0.05) is 25.4 Å². The van der Waals surface area contributed by atoms with Crippen molar-refractivity contribution in [1.29, 1.82) is 0 Å². The molecule has 0 radical (unpaired) electrons. The molecule has 0 saturated heterocycles. The molecule has 0 saturated carbocycles. The lowest BCUT2D eigenvalue weighted by molar-refractivity contribution is -0.111. The highest BCUT2D eigenvalue weighted by Gasteiger charge is 2.00. The van der Waals surface area contributed by atoms with Crippen LogP contribution in [0.1, 0.15) is 5.56 Å². The predicted molar refractivity (Wildman–Crippen MR) is 73.9 cm³/mol. The zero-order valence-electron chi connectivity index (χ0n) is 10.8. The molecular formula is C14H15N3O2. The summed E-state index contributed by atoms with van der Waals surface area (Å²) in [7, 11) is 3.41. The molecule has 1 heterocycles. The van der Waals surface area contributed by atoms with Crippen LogP contribution in [-0.4, -0.2) is 22.8 Å². The van der Waals surface area contributed by atoms with Crippen LogP contribution in [0.15, 0.2) is 42.6 Å². The lowest BCUT2D eigenvalue weighted by Crippen LogP contribution is -2.08. The summed E-state index contributed by atoms with van der Waals surface area (Å²) in [5, 5.41) is 6.74. The van der Waals surface area contributed by atoms with Crippen molar-refractivity contribution in [2.75, 3.05) is 12.4 Å². The molecule has 5 heteroatoms. The van der Waals surface area contributed by atoms with Crippen molar-refractivity contribution in [1.82, 2.24) is 9.78 Å². The van der Waals surface area contributed by atoms with E-state index in [1.54, 1.807) is 37.2 Å². The van der Waals surface area contributed by atoms with Gasteiger partial charge in [0.15, 0.2) is 5.82 Å². The highest BCUT2D eigenvalue weighted by molar-refractivity contribution is 6.01. The Morgan fingerprint density at radius 3 is 2.63 bits per heavy atom. The molecule has 1 aromatic carbocycles. The Balaban J connectivity index is 1.95. The van der Waals surface area contributed by atoms with E-state index in [9.17, 15) is 4.79 Å². The third kappa shape index (κ3) is 3.70. The maximum atomic E-state index is 11.6. The molecule has 0 atom stereocenters. The number of benzene rings is 1. The van der Waals surface area contributed by atoms with Crippen LogP contribution >= 0.6 is 0 Å². The number of aromatic nitrogens is 2. The minimum absolute atomic E-state index is 0.213. The smallest absolute Gasteiger partial charge is 0.249 e. The van der Waals surface area contributed by atoms with Gasteiger partial charge in [0.2, 0.25) is 5.91 Å². The van der Waals surface area contributed by atoms with E-state index >= 15 is 0 Å². The Hall–Kier alpha value is -2.56. The molecule has 0 spiro atoms. The summed E-state index contributed by atoms with van der Waals surface area (Å²) in [4.78, 5) is 11.6. The van der Waals surface area contributed by atoms with Crippen molar-refractivity contribution >= 4 is 17.8 Å². The van der Waals surface area contributed by atoms with E-state index in [2.05, 4.69) is 10.4 Å². The number of aryl methyl sites for hydroxylation is 1. The zero-order valence-corrected chi connectivity index (χ0v) is 10.8. The molecule has 19 heavy (non-hydrogen) atoms. The second-order valence-electron chi connectivity index (χ2n) is 3.97. The lowest BCUT2D eigenvalue weighted by Gasteiger charge is -1.99. The number of carbonyl (C=O) groups excluding carboxylic acids is 1. The van der Waals surface area contributed by atoms with E-state index in [0.29, 0.717) is 5.82 Å². The maximum absolute atomic E-state index is 11.6. The molecule has 0 unspecified atom stereocenters. The van der Waals surface area contributed by atoms with Crippen molar-refractivity contribution in [2.45, 2.75) is 0 Å². The highest BCUT2D eigenvalue weighted by Crippen LogP contribution is 2.12. The largest absolute Gasteiger partial charge is 0.497 e. The average Bonchev–Trinajstić information content (AvgIpc) is 2.82. The predicted octanol–water partition coefficient (Wildman–Crippen LogP) is 2.08. The highest BCUT2D eigenvalue weighted by atomic mass is 16.5. The number of nitrogens with zero attached hydrogens (tertiary/aromatic N) is 2. The number of hydrogen-bond donors (Lipinski definition) is 1. The van der Waals surface area contributed by atoms with Crippen LogP contribution in [0.4, 0.5) is 5.82 Å². The first-order valence-electron chi connectivity index (χ1n) is 5.80. The maximum Gasteiger partial charge on any atom is 0.249 e. The van der Waals surface area contributed by atoms with Gasteiger partial charge in [-0.2, -0.15) is 5.10 Å². The fraction of sp³-hybridized carbons (Fsp3) is 0.143. The van der Waals surface area contributed by atoms with Gasteiger partial charge in [-0.25, -0.2) is 0 Å². The first-order chi connectivity index (χ1) is 9.17. The number of methoxy groups -OCH3 is 1. The number of rotatable bonds is 4. The van der Waals surface area contributed by atoms with Gasteiger partial charge < -0.3 is 10.1 Å². The Bertz CT molecular complexity index is 585. The quantitative estimate of drug-likeness (QED) is 0.853. The summed E-state index contributed by atoms with van der Waals surface area (Å²) in [5.41, 5.74) is 0.928. The molecule has 2 aromatic rings. The average molecular weight is 257 g/mol. The van der Waals surface area contributed by atoms with Gasteiger partial charge >= 0.3 is 0 Å². The Morgan fingerprint density at radius 2 is 2.05 bits per heavy atom. The number of hydrogen-bond acceptors (Lipinski definition) is 3. The molecule has 98 valence electrons. The minimum atomic E-state index is -0.213. The van der Waals surface area contributed by atoms with E-state index in [-0.39, 0.29) is 5.91 Å². The summed E-state index contributed by atoms with van der Waals surface area (Å²) in [5.74, 6) is 1.11. The Morgan fingerprint density at radius 1 is 1.32 bits per heavy atom. The second kappa shape index (κ2) is 5.86. The van der Waals surface area contributed by atoms with Crippen molar-refractivity contribution in [2.24, 2.45) is 7.05 Å². The van der Waals surface area contributed by atoms with Crippen LogP contribution in [0.3, 0.4) is 0 Å². The molecule has 0 aliphatic rings. The second-order valence-corrected chi connectivity index (χ2v) is 3.97. The molecular weight excluding hydrogens is 242 g/mol. The van der Waals surface area contributed by atoms with E-state index < -0.39 is 0 Å². The van der Waals surface area contributed by atoms with E-state index in [4.69, 9.17) is 4.74 Å². The SMILES string of the molecule is COc1ccc(/C=C/C(=O)Nc2ccn(C)n2)cc1. The number of anilines is 1. The fourth-order valence-electron chi connectivity index (χ4n) is 1.54. The lowest BCUT2D eigenvalue weighted by atomic mass is 10.2. The van der Waals surface area contributed by atoms with Crippen LogP contribution in [0.2, 0.25) is 0 Å². The van der Waals surface area contributed by atoms with Gasteiger partial charge in [-0.15, -0.1) is 0 Å².